The van der Waals surface area contributed by atoms with Crippen LogP contribution in [0.3, 0.4) is 0 Å². The molecular formula is C17H32N2O4. The van der Waals surface area contributed by atoms with Gasteiger partial charge >= 0.3 is 5.97 Å². The van der Waals surface area contributed by atoms with Crippen LogP contribution >= 0.6 is 0 Å². The summed E-state index contributed by atoms with van der Waals surface area (Å²) in [5.74, 6) is -0.840. The zero-order valence-corrected chi connectivity index (χ0v) is 14.3. The molecule has 134 valence electrons. The van der Waals surface area contributed by atoms with E-state index in [1.165, 1.54) is 0 Å². The van der Waals surface area contributed by atoms with Gasteiger partial charge in [-0.3, -0.25) is 9.69 Å². The van der Waals surface area contributed by atoms with Crippen LogP contribution in [-0.2, 0) is 4.79 Å². The SMILES string of the molecule is C/C=C/CC(O)CNCCN(CCC(=O)O)CC(O)C/C=C/C. The Morgan fingerprint density at radius 2 is 1.70 bits per heavy atom. The molecule has 0 spiro atoms. The van der Waals surface area contributed by atoms with Gasteiger partial charge in [0.05, 0.1) is 18.6 Å². The first kappa shape index (κ1) is 21.8. The summed E-state index contributed by atoms with van der Waals surface area (Å²) in [5, 5.41) is 31.6. The molecule has 0 aromatic heterocycles. The molecular weight excluding hydrogens is 296 g/mol. The maximum absolute atomic E-state index is 10.7. The van der Waals surface area contributed by atoms with Gasteiger partial charge in [0.2, 0.25) is 0 Å². The Morgan fingerprint density at radius 1 is 1.09 bits per heavy atom. The average molecular weight is 328 g/mol. The highest BCUT2D eigenvalue weighted by molar-refractivity contribution is 5.66. The lowest BCUT2D eigenvalue weighted by molar-refractivity contribution is -0.137. The molecule has 4 N–H and O–H groups in total. The monoisotopic (exact) mass is 328 g/mol. The molecule has 0 heterocycles. The number of rotatable bonds is 14. The number of aliphatic carboxylic acids is 1. The minimum Gasteiger partial charge on any atom is -0.481 e. The fourth-order valence-electron chi connectivity index (χ4n) is 2.10. The Balaban J connectivity index is 4.11. The second-order valence-corrected chi connectivity index (χ2v) is 5.57. The Hall–Kier alpha value is -1.21. The van der Waals surface area contributed by atoms with E-state index in [9.17, 15) is 15.0 Å². The van der Waals surface area contributed by atoms with Gasteiger partial charge in [-0.15, -0.1) is 0 Å². The molecule has 0 aromatic rings. The van der Waals surface area contributed by atoms with Gasteiger partial charge in [-0.1, -0.05) is 24.3 Å². The van der Waals surface area contributed by atoms with E-state index in [0.29, 0.717) is 45.6 Å². The smallest absolute Gasteiger partial charge is 0.304 e. The van der Waals surface area contributed by atoms with E-state index in [2.05, 4.69) is 5.32 Å². The van der Waals surface area contributed by atoms with Crippen molar-refractivity contribution in [1.29, 1.82) is 0 Å². The fraction of sp³-hybridized carbons (Fsp3) is 0.706. The minimum absolute atomic E-state index is 0.0558. The van der Waals surface area contributed by atoms with Crippen molar-refractivity contribution in [2.24, 2.45) is 0 Å². The van der Waals surface area contributed by atoms with Gasteiger partial charge in [0, 0.05) is 32.7 Å². The fourth-order valence-corrected chi connectivity index (χ4v) is 2.10. The first-order valence-electron chi connectivity index (χ1n) is 8.22. The summed E-state index contributed by atoms with van der Waals surface area (Å²) in [6.07, 6.45) is 7.93. The van der Waals surface area contributed by atoms with E-state index in [1.807, 2.05) is 43.1 Å². The molecule has 0 saturated heterocycles. The molecule has 2 unspecified atom stereocenters. The van der Waals surface area contributed by atoms with Crippen LogP contribution < -0.4 is 5.32 Å². The summed E-state index contributed by atoms with van der Waals surface area (Å²) in [6, 6.07) is 0. The molecule has 0 saturated carbocycles. The van der Waals surface area contributed by atoms with Crippen molar-refractivity contribution < 1.29 is 20.1 Å². The number of carbonyl (C=O) groups is 1. The highest BCUT2D eigenvalue weighted by Crippen LogP contribution is 2.00. The number of carboxylic acids is 1. The predicted molar refractivity (Wildman–Crippen MR) is 92.4 cm³/mol. The number of hydrogen-bond donors (Lipinski definition) is 4. The van der Waals surface area contributed by atoms with Crippen LogP contribution in [-0.4, -0.2) is 71.1 Å². The molecule has 0 bridgehead atoms. The van der Waals surface area contributed by atoms with E-state index in [-0.39, 0.29) is 6.42 Å². The lowest BCUT2D eigenvalue weighted by Crippen LogP contribution is -2.40. The Bertz CT molecular complexity index is 359. The quantitative estimate of drug-likeness (QED) is 0.281. The second-order valence-electron chi connectivity index (χ2n) is 5.57. The zero-order chi connectivity index (χ0) is 17.5. The summed E-state index contributed by atoms with van der Waals surface area (Å²) in [6.45, 7) is 6.44. The molecule has 23 heavy (non-hydrogen) atoms. The maximum atomic E-state index is 10.7. The molecule has 0 amide bonds. The van der Waals surface area contributed by atoms with Crippen molar-refractivity contribution in [3.8, 4) is 0 Å². The normalized spacial score (nSPS) is 14.8. The predicted octanol–water partition coefficient (Wildman–Crippen LogP) is 1.01. The van der Waals surface area contributed by atoms with Crippen molar-refractivity contribution in [3.05, 3.63) is 24.3 Å². The maximum Gasteiger partial charge on any atom is 0.304 e. The van der Waals surface area contributed by atoms with Crippen molar-refractivity contribution in [2.75, 3.05) is 32.7 Å². The molecule has 6 nitrogen and oxygen atoms in total. The summed E-state index contributed by atoms with van der Waals surface area (Å²) >= 11 is 0. The van der Waals surface area contributed by atoms with Crippen LogP contribution in [0.1, 0.15) is 33.1 Å². The minimum atomic E-state index is -0.840. The zero-order valence-electron chi connectivity index (χ0n) is 14.3. The Morgan fingerprint density at radius 3 is 2.26 bits per heavy atom. The van der Waals surface area contributed by atoms with E-state index in [0.717, 1.165) is 0 Å². The molecule has 0 fully saturated rings. The Labute approximate surface area is 139 Å². The van der Waals surface area contributed by atoms with Gasteiger partial charge in [0.15, 0.2) is 0 Å². The number of carboxylic acid groups (broad SMARTS) is 1. The first-order chi connectivity index (χ1) is 11.0. The summed E-state index contributed by atoms with van der Waals surface area (Å²) in [5.41, 5.74) is 0. The lowest BCUT2D eigenvalue weighted by Gasteiger charge is -2.24. The van der Waals surface area contributed by atoms with Crippen LogP contribution in [0, 0.1) is 0 Å². The molecule has 0 aliphatic heterocycles. The number of nitrogens with one attached hydrogen (secondary N) is 1. The number of hydrogen-bond acceptors (Lipinski definition) is 5. The van der Waals surface area contributed by atoms with E-state index in [4.69, 9.17) is 5.11 Å². The van der Waals surface area contributed by atoms with Gasteiger partial charge in [0.1, 0.15) is 0 Å². The summed E-state index contributed by atoms with van der Waals surface area (Å²) < 4.78 is 0. The summed E-state index contributed by atoms with van der Waals surface area (Å²) in [4.78, 5) is 12.7. The van der Waals surface area contributed by atoms with E-state index >= 15 is 0 Å². The number of aliphatic hydroxyl groups excluding tert-OH is 2. The standard InChI is InChI=1S/C17H32N2O4/c1-3-5-7-15(20)13-18-10-12-19(11-9-17(22)23)14-16(21)8-6-4-2/h3-6,15-16,18,20-21H,7-14H2,1-2H3,(H,22,23)/b5-3+,6-4+. The third-order valence-electron chi connectivity index (χ3n) is 3.38. The van der Waals surface area contributed by atoms with Crippen LogP contribution in [0.4, 0.5) is 0 Å². The number of aliphatic hydroxyl groups is 2. The van der Waals surface area contributed by atoms with Gasteiger partial charge in [-0.05, 0) is 26.7 Å². The van der Waals surface area contributed by atoms with Crippen molar-refractivity contribution >= 4 is 5.97 Å². The van der Waals surface area contributed by atoms with Crippen LogP contribution in [0.2, 0.25) is 0 Å². The van der Waals surface area contributed by atoms with E-state index in [1.54, 1.807) is 0 Å². The van der Waals surface area contributed by atoms with Crippen molar-refractivity contribution in [1.82, 2.24) is 10.2 Å². The van der Waals surface area contributed by atoms with Crippen LogP contribution in [0.15, 0.2) is 24.3 Å². The van der Waals surface area contributed by atoms with Gasteiger partial charge in [-0.25, -0.2) is 0 Å². The second kappa shape index (κ2) is 14.4. The molecule has 0 aromatic carbocycles. The van der Waals surface area contributed by atoms with Crippen LogP contribution in [0.5, 0.6) is 0 Å². The van der Waals surface area contributed by atoms with E-state index < -0.39 is 18.2 Å². The Kier molecular flexibility index (Phi) is 13.6. The molecule has 6 heteroatoms. The van der Waals surface area contributed by atoms with Crippen LogP contribution in [0.25, 0.3) is 0 Å². The highest BCUT2D eigenvalue weighted by atomic mass is 16.4. The van der Waals surface area contributed by atoms with Crippen molar-refractivity contribution in [3.63, 3.8) is 0 Å². The lowest BCUT2D eigenvalue weighted by atomic mass is 10.2. The average Bonchev–Trinajstić information content (AvgIpc) is 2.52. The first-order valence-corrected chi connectivity index (χ1v) is 8.22. The van der Waals surface area contributed by atoms with Gasteiger partial charge in [0.25, 0.3) is 0 Å². The third-order valence-corrected chi connectivity index (χ3v) is 3.38. The third kappa shape index (κ3) is 14.1. The molecule has 0 radical (unpaired) electrons. The molecule has 0 rings (SSSR count). The van der Waals surface area contributed by atoms with Crippen molar-refractivity contribution in [2.45, 2.75) is 45.3 Å². The molecule has 0 aliphatic carbocycles. The topological polar surface area (TPSA) is 93.0 Å². The number of nitrogens with zero attached hydrogens (tertiary/aromatic N) is 1. The summed E-state index contributed by atoms with van der Waals surface area (Å²) in [7, 11) is 0. The van der Waals surface area contributed by atoms with Gasteiger partial charge < -0.3 is 20.6 Å². The largest absolute Gasteiger partial charge is 0.481 e. The highest BCUT2D eigenvalue weighted by Gasteiger charge is 2.12. The molecule has 0 aliphatic rings. The number of allylic oxidation sites excluding steroid dienone is 2. The molecule has 2 atom stereocenters. The van der Waals surface area contributed by atoms with Gasteiger partial charge in [-0.2, -0.15) is 0 Å².